The minimum Gasteiger partial charge on any atom is -0.482 e. The van der Waals surface area contributed by atoms with Crippen LogP contribution >= 0.6 is 27.5 Å². The van der Waals surface area contributed by atoms with E-state index < -0.39 is 0 Å². The lowest BCUT2D eigenvalue weighted by molar-refractivity contribution is -0.118. The maximum atomic E-state index is 12.1. The molecule has 0 heterocycles. The summed E-state index contributed by atoms with van der Waals surface area (Å²) in [5.74, 6) is 0.826. The first-order chi connectivity index (χ1) is 11.4. The van der Waals surface area contributed by atoms with Gasteiger partial charge in [0, 0.05) is 10.2 Å². The number of benzene rings is 2. The van der Waals surface area contributed by atoms with E-state index in [1.165, 1.54) is 5.56 Å². The average molecular weight is 411 g/mol. The summed E-state index contributed by atoms with van der Waals surface area (Å²) in [5.41, 5.74) is 2.90. The van der Waals surface area contributed by atoms with Gasteiger partial charge in [-0.2, -0.15) is 0 Å². The minimum absolute atomic E-state index is 0.0880. The van der Waals surface area contributed by atoms with Crippen LogP contribution in [0.4, 0.5) is 5.69 Å². The van der Waals surface area contributed by atoms with Crippen LogP contribution in [0.1, 0.15) is 37.3 Å². The topological polar surface area (TPSA) is 38.3 Å². The van der Waals surface area contributed by atoms with Gasteiger partial charge in [0.15, 0.2) is 6.61 Å². The number of carbonyl (C=O) groups excluding carboxylic acids is 1. The molecule has 0 radical (unpaired) electrons. The molecule has 3 nitrogen and oxygen atoms in total. The van der Waals surface area contributed by atoms with Gasteiger partial charge in [0.2, 0.25) is 0 Å². The highest BCUT2D eigenvalue weighted by Gasteiger charge is 2.10. The maximum absolute atomic E-state index is 12.1. The van der Waals surface area contributed by atoms with Crippen LogP contribution in [0.15, 0.2) is 40.9 Å². The van der Waals surface area contributed by atoms with Crippen molar-refractivity contribution < 1.29 is 9.53 Å². The Hall–Kier alpha value is -1.52. The van der Waals surface area contributed by atoms with Crippen molar-refractivity contribution in [3.63, 3.8) is 0 Å². The van der Waals surface area contributed by atoms with Crippen molar-refractivity contribution in [2.24, 2.45) is 0 Å². The van der Waals surface area contributed by atoms with Gasteiger partial charge in [0.1, 0.15) is 5.75 Å². The van der Waals surface area contributed by atoms with E-state index in [4.69, 9.17) is 16.3 Å². The highest BCUT2D eigenvalue weighted by Crippen LogP contribution is 2.32. The third-order valence-electron chi connectivity index (χ3n) is 3.92. The Balaban J connectivity index is 1.94. The Kier molecular flexibility index (Phi) is 6.69. The number of nitrogens with one attached hydrogen (secondary N) is 1. The van der Waals surface area contributed by atoms with E-state index in [0.29, 0.717) is 16.7 Å². The zero-order valence-electron chi connectivity index (χ0n) is 14.0. The molecule has 2 aromatic rings. The molecular weight excluding hydrogens is 390 g/mol. The van der Waals surface area contributed by atoms with E-state index in [9.17, 15) is 4.79 Å². The molecule has 0 aliphatic rings. The lowest BCUT2D eigenvalue weighted by atomic mass is 9.99. The molecule has 0 spiro atoms. The summed E-state index contributed by atoms with van der Waals surface area (Å²) in [7, 11) is 0. The first kappa shape index (κ1) is 18.8. The lowest BCUT2D eigenvalue weighted by Gasteiger charge is -2.13. The standard InChI is InChI=1S/C19H21BrClNO2/c1-4-12(2)14-5-7-16(8-6-14)22-18(23)11-24-19-13(3)9-15(20)10-17(19)21/h5-10,12H,4,11H2,1-3H3,(H,22,23)/t12-/m1/s1. The first-order valence-corrected chi connectivity index (χ1v) is 9.06. The predicted molar refractivity (Wildman–Crippen MR) is 103 cm³/mol. The van der Waals surface area contributed by atoms with E-state index in [0.717, 1.165) is 22.1 Å². The molecule has 128 valence electrons. The maximum Gasteiger partial charge on any atom is 0.262 e. The molecule has 0 saturated heterocycles. The SMILES string of the molecule is CC[C@@H](C)c1ccc(NC(=O)COc2c(C)cc(Br)cc2Cl)cc1. The number of hydrogen-bond donors (Lipinski definition) is 1. The van der Waals surface area contributed by atoms with E-state index in [2.05, 4.69) is 35.1 Å². The summed E-state index contributed by atoms with van der Waals surface area (Å²) in [4.78, 5) is 12.1. The number of rotatable bonds is 6. The van der Waals surface area contributed by atoms with Gasteiger partial charge in [-0.25, -0.2) is 0 Å². The van der Waals surface area contributed by atoms with Crippen LogP contribution in [0.3, 0.4) is 0 Å². The van der Waals surface area contributed by atoms with Gasteiger partial charge in [-0.1, -0.05) is 53.5 Å². The van der Waals surface area contributed by atoms with Gasteiger partial charge in [-0.3, -0.25) is 4.79 Å². The summed E-state index contributed by atoms with van der Waals surface area (Å²) >= 11 is 9.53. The number of hydrogen-bond acceptors (Lipinski definition) is 2. The zero-order valence-corrected chi connectivity index (χ0v) is 16.4. The summed E-state index contributed by atoms with van der Waals surface area (Å²) in [5, 5.41) is 3.31. The van der Waals surface area contributed by atoms with E-state index in [-0.39, 0.29) is 12.5 Å². The van der Waals surface area contributed by atoms with Gasteiger partial charge in [0.05, 0.1) is 5.02 Å². The Morgan fingerprint density at radius 1 is 1.29 bits per heavy atom. The van der Waals surface area contributed by atoms with Gasteiger partial charge < -0.3 is 10.1 Å². The summed E-state index contributed by atoms with van der Waals surface area (Å²) < 4.78 is 6.45. The molecule has 1 atom stereocenters. The van der Waals surface area contributed by atoms with Crippen LogP contribution in [0.25, 0.3) is 0 Å². The number of anilines is 1. The van der Waals surface area contributed by atoms with E-state index in [1.54, 1.807) is 6.07 Å². The highest BCUT2D eigenvalue weighted by atomic mass is 79.9. The monoisotopic (exact) mass is 409 g/mol. The lowest BCUT2D eigenvalue weighted by Crippen LogP contribution is -2.20. The molecule has 5 heteroatoms. The Labute approximate surface area is 156 Å². The molecule has 0 aliphatic heterocycles. The molecule has 0 saturated carbocycles. The molecule has 24 heavy (non-hydrogen) atoms. The predicted octanol–water partition coefficient (Wildman–Crippen LogP) is 5.94. The smallest absolute Gasteiger partial charge is 0.262 e. The minimum atomic E-state index is -0.218. The van der Waals surface area contributed by atoms with Crippen molar-refractivity contribution in [2.75, 3.05) is 11.9 Å². The molecule has 0 bridgehead atoms. The van der Waals surface area contributed by atoms with Crippen LogP contribution < -0.4 is 10.1 Å². The number of aryl methyl sites for hydroxylation is 1. The highest BCUT2D eigenvalue weighted by molar-refractivity contribution is 9.10. The Bertz CT molecular complexity index is 693. The van der Waals surface area contributed by atoms with Gasteiger partial charge in [-0.05, 0) is 54.7 Å². The molecule has 1 amide bonds. The van der Waals surface area contributed by atoms with Crippen molar-refractivity contribution in [2.45, 2.75) is 33.1 Å². The number of carbonyl (C=O) groups is 1. The number of halogens is 2. The molecule has 1 N–H and O–H groups in total. The Morgan fingerprint density at radius 3 is 2.54 bits per heavy atom. The summed E-state index contributed by atoms with van der Waals surface area (Å²) in [6.07, 6.45) is 1.09. The van der Waals surface area contributed by atoms with Crippen molar-refractivity contribution in [1.29, 1.82) is 0 Å². The van der Waals surface area contributed by atoms with Crippen LogP contribution in [0.2, 0.25) is 5.02 Å². The van der Waals surface area contributed by atoms with Crippen molar-refractivity contribution in [1.82, 2.24) is 0 Å². The van der Waals surface area contributed by atoms with E-state index in [1.807, 2.05) is 37.3 Å². The second-order valence-electron chi connectivity index (χ2n) is 5.80. The second kappa shape index (κ2) is 8.54. The first-order valence-electron chi connectivity index (χ1n) is 7.89. The van der Waals surface area contributed by atoms with Gasteiger partial charge >= 0.3 is 0 Å². The normalized spacial score (nSPS) is 11.9. The molecule has 0 fully saturated rings. The molecule has 0 unspecified atom stereocenters. The van der Waals surface area contributed by atoms with Crippen molar-refractivity contribution >= 4 is 39.1 Å². The molecule has 0 aliphatic carbocycles. The van der Waals surface area contributed by atoms with Crippen molar-refractivity contribution in [3.05, 3.63) is 57.0 Å². The molecule has 0 aromatic heterocycles. The number of ether oxygens (including phenoxy) is 1. The fraction of sp³-hybridized carbons (Fsp3) is 0.316. The van der Waals surface area contributed by atoms with E-state index >= 15 is 0 Å². The van der Waals surface area contributed by atoms with Gasteiger partial charge in [0.25, 0.3) is 5.91 Å². The third-order valence-corrected chi connectivity index (χ3v) is 4.66. The summed E-state index contributed by atoms with van der Waals surface area (Å²) in [6.45, 7) is 6.14. The zero-order chi connectivity index (χ0) is 17.7. The van der Waals surface area contributed by atoms with Crippen molar-refractivity contribution in [3.8, 4) is 5.75 Å². The second-order valence-corrected chi connectivity index (χ2v) is 7.12. The van der Waals surface area contributed by atoms with Crippen LogP contribution in [-0.4, -0.2) is 12.5 Å². The molecular formula is C19H21BrClNO2. The fourth-order valence-electron chi connectivity index (χ4n) is 2.34. The molecule has 2 rings (SSSR count). The third kappa shape index (κ3) is 4.99. The fourth-order valence-corrected chi connectivity index (χ4v) is 3.36. The largest absolute Gasteiger partial charge is 0.482 e. The Morgan fingerprint density at radius 2 is 1.96 bits per heavy atom. The van der Waals surface area contributed by atoms with Crippen LogP contribution in [0, 0.1) is 6.92 Å². The van der Waals surface area contributed by atoms with Gasteiger partial charge in [-0.15, -0.1) is 0 Å². The van der Waals surface area contributed by atoms with Crippen LogP contribution in [-0.2, 0) is 4.79 Å². The number of amides is 1. The quantitative estimate of drug-likeness (QED) is 0.640. The molecule has 2 aromatic carbocycles. The average Bonchev–Trinajstić information content (AvgIpc) is 2.53. The summed E-state index contributed by atoms with van der Waals surface area (Å²) in [6, 6.07) is 11.6. The van der Waals surface area contributed by atoms with Crippen LogP contribution in [0.5, 0.6) is 5.75 Å².